The molecular weight excluding hydrogens is 319 g/mol. The summed E-state index contributed by atoms with van der Waals surface area (Å²) in [6, 6.07) is 5.50. The van der Waals surface area contributed by atoms with Gasteiger partial charge in [0.25, 0.3) is 0 Å². The van der Waals surface area contributed by atoms with Crippen LogP contribution in [-0.2, 0) is 0 Å². The van der Waals surface area contributed by atoms with Crippen LogP contribution in [-0.4, -0.2) is 30.3 Å². The Hall–Kier alpha value is -0.740. The van der Waals surface area contributed by atoms with E-state index in [9.17, 15) is 0 Å². The van der Waals surface area contributed by atoms with Crippen molar-refractivity contribution in [1.82, 2.24) is 4.98 Å². The standard InChI is InChI=1S/C13H11Cl3N2.CH4O/c14-9-4-3-8-10(15)7-11(17-13(8)12(9)16)18-5-1-2-6-18;1-2/h3-4,7H,1-2,5-6H2;2H,1H3. The van der Waals surface area contributed by atoms with Crippen LogP contribution >= 0.6 is 34.8 Å². The summed E-state index contributed by atoms with van der Waals surface area (Å²) < 4.78 is 0. The van der Waals surface area contributed by atoms with Crippen LogP contribution in [0.25, 0.3) is 10.9 Å². The molecule has 0 atom stereocenters. The number of benzene rings is 1. The fourth-order valence-electron chi connectivity index (χ4n) is 2.29. The predicted octanol–water partition coefficient (Wildman–Crippen LogP) is 4.40. The topological polar surface area (TPSA) is 36.4 Å². The lowest BCUT2D eigenvalue weighted by molar-refractivity contribution is 0.399. The molecule has 1 fully saturated rings. The van der Waals surface area contributed by atoms with Crippen molar-refractivity contribution in [2.24, 2.45) is 0 Å². The van der Waals surface area contributed by atoms with Gasteiger partial charge < -0.3 is 10.0 Å². The number of halogens is 3. The number of aliphatic hydroxyl groups excluding tert-OH is 1. The Kier molecular flexibility index (Phi) is 5.33. The summed E-state index contributed by atoms with van der Waals surface area (Å²) in [7, 11) is 1.00. The molecule has 0 aliphatic carbocycles. The molecule has 1 aliphatic rings. The number of pyridine rings is 1. The van der Waals surface area contributed by atoms with Crippen LogP contribution in [0.4, 0.5) is 5.82 Å². The van der Waals surface area contributed by atoms with E-state index in [0.29, 0.717) is 20.6 Å². The van der Waals surface area contributed by atoms with Gasteiger partial charge >= 0.3 is 0 Å². The SMILES string of the molecule is CO.Clc1ccc2c(Cl)cc(N3CCCC3)nc2c1Cl. The van der Waals surface area contributed by atoms with Crippen molar-refractivity contribution >= 4 is 51.5 Å². The van der Waals surface area contributed by atoms with Crippen LogP contribution in [0.3, 0.4) is 0 Å². The highest BCUT2D eigenvalue weighted by atomic mass is 35.5. The third kappa shape index (κ3) is 2.96. The molecule has 0 amide bonds. The molecule has 1 saturated heterocycles. The van der Waals surface area contributed by atoms with E-state index in [2.05, 4.69) is 9.88 Å². The molecule has 20 heavy (non-hydrogen) atoms. The van der Waals surface area contributed by atoms with Crippen LogP contribution < -0.4 is 4.90 Å². The average molecular weight is 334 g/mol. The molecule has 1 N–H and O–H groups in total. The zero-order chi connectivity index (χ0) is 14.7. The molecule has 3 rings (SSSR count). The Morgan fingerprint density at radius 1 is 1.05 bits per heavy atom. The van der Waals surface area contributed by atoms with Gasteiger partial charge in [0.15, 0.2) is 0 Å². The number of aliphatic hydroxyl groups is 1. The first-order valence-electron chi connectivity index (χ1n) is 6.31. The minimum atomic E-state index is 0.470. The van der Waals surface area contributed by atoms with Gasteiger partial charge in [-0.3, -0.25) is 0 Å². The zero-order valence-corrected chi connectivity index (χ0v) is 13.3. The first kappa shape index (κ1) is 15.6. The molecule has 2 heterocycles. The highest BCUT2D eigenvalue weighted by Gasteiger charge is 2.17. The fraction of sp³-hybridized carbons (Fsp3) is 0.357. The van der Waals surface area contributed by atoms with Crippen LogP contribution in [0.15, 0.2) is 18.2 Å². The summed E-state index contributed by atoms with van der Waals surface area (Å²) in [5.74, 6) is 0.883. The van der Waals surface area contributed by atoms with Crippen molar-refractivity contribution in [2.45, 2.75) is 12.8 Å². The van der Waals surface area contributed by atoms with Crippen molar-refractivity contribution in [2.75, 3.05) is 25.1 Å². The largest absolute Gasteiger partial charge is 0.400 e. The molecule has 1 aliphatic heterocycles. The van der Waals surface area contributed by atoms with Crippen LogP contribution in [0.2, 0.25) is 15.1 Å². The highest BCUT2D eigenvalue weighted by Crippen LogP contribution is 2.35. The van der Waals surface area contributed by atoms with Gasteiger partial charge in [-0.15, -0.1) is 0 Å². The number of fused-ring (bicyclic) bond motifs is 1. The van der Waals surface area contributed by atoms with Gasteiger partial charge in [0, 0.05) is 25.6 Å². The smallest absolute Gasteiger partial charge is 0.130 e. The number of hydrogen-bond donors (Lipinski definition) is 1. The molecule has 6 heteroatoms. The third-order valence-corrected chi connectivity index (χ3v) is 4.35. The third-order valence-electron chi connectivity index (χ3n) is 3.24. The van der Waals surface area contributed by atoms with E-state index in [1.54, 1.807) is 6.07 Å². The van der Waals surface area contributed by atoms with Crippen molar-refractivity contribution in [1.29, 1.82) is 0 Å². The molecule has 3 nitrogen and oxygen atoms in total. The molecule has 108 valence electrons. The van der Waals surface area contributed by atoms with E-state index in [1.165, 1.54) is 12.8 Å². The van der Waals surface area contributed by atoms with Gasteiger partial charge in [-0.1, -0.05) is 34.8 Å². The Balaban J connectivity index is 0.000000704. The molecule has 2 aromatic rings. The quantitative estimate of drug-likeness (QED) is 0.840. The van der Waals surface area contributed by atoms with Gasteiger partial charge in [0.2, 0.25) is 0 Å². The number of aromatic nitrogens is 1. The van der Waals surface area contributed by atoms with E-state index in [-0.39, 0.29) is 0 Å². The normalized spacial score (nSPS) is 14.3. The maximum absolute atomic E-state index is 7.00. The van der Waals surface area contributed by atoms with Crippen molar-refractivity contribution in [3.63, 3.8) is 0 Å². The molecule has 0 radical (unpaired) electrons. The maximum atomic E-state index is 7.00. The number of nitrogens with zero attached hydrogens (tertiary/aromatic N) is 2. The number of hydrogen-bond acceptors (Lipinski definition) is 3. The van der Waals surface area contributed by atoms with Gasteiger partial charge in [-0.2, -0.15) is 0 Å². The van der Waals surface area contributed by atoms with Crippen molar-refractivity contribution in [3.8, 4) is 0 Å². The summed E-state index contributed by atoms with van der Waals surface area (Å²) in [5, 5.41) is 9.48. The maximum Gasteiger partial charge on any atom is 0.130 e. The van der Waals surface area contributed by atoms with Crippen LogP contribution in [0, 0.1) is 0 Å². The van der Waals surface area contributed by atoms with Gasteiger partial charge in [-0.05, 0) is 31.0 Å². The lowest BCUT2D eigenvalue weighted by Gasteiger charge is -2.17. The van der Waals surface area contributed by atoms with E-state index in [1.807, 2.05) is 12.1 Å². The second-order valence-corrected chi connectivity index (χ2v) is 5.61. The first-order chi connectivity index (χ1) is 9.66. The Bertz CT molecular complexity index is 613. The van der Waals surface area contributed by atoms with E-state index < -0.39 is 0 Å². The number of rotatable bonds is 1. The predicted molar refractivity (Wildman–Crippen MR) is 86.4 cm³/mol. The monoisotopic (exact) mass is 332 g/mol. The van der Waals surface area contributed by atoms with E-state index >= 15 is 0 Å². The second kappa shape index (κ2) is 6.81. The van der Waals surface area contributed by atoms with E-state index in [0.717, 1.165) is 31.4 Å². The van der Waals surface area contributed by atoms with Gasteiger partial charge in [0.1, 0.15) is 5.82 Å². The molecule has 0 saturated carbocycles. The summed E-state index contributed by atoms with van der Waals surface area (Å²) in [4.78, 5) is 6.83. The molecule has 0 unspecified atom stereocenters. The average Bonchev–Trinajstić information content (AvgIpc) is 2.99. The fourth-order valence-corrected chi connectivity index (χ4v) is 2.90. The lowest BCUT2D eigenvalue weighted by Crippen LogP contribution is -2.18. The lowest BCUT2D eigenvalue weighted by atomic mass is 10.2. The van der Waals surface area contributed by atoms with Gasteiger partial charge in [0.05, 0.1) is 20.6 Å². The Morgan fingerprint density at radius 3 is 2.35 bits per heavy atom. The first-order valence-corrected chi connectivity index (χ1v) is 7.44. The van der Waals surface area contributed by atoms with Crippen molar-refractivity contribution in [3.05, 3.63) is 33.3 Å². The minimum Gasteiger partial charge on any atom is -0.400 e. The Labute approximate surface area is 133 Å². The number of anilines is 1. The summed E-state index contributed by atoms with van der Waals surface area (Å²) in [6.45, 7) is 2.04. The summed E-state index contributed by atoms with van der Waals surface area (Å²) >= 11 is 18.5. The summed E-state index contributed by atoms with van der Waals surface area (Å²) in [5.41, 5.74) is 0.679. The van der Waals surface area contributed by atoms with Crippen molar-refractivity contribution < 1.29 is 5.11 Å². The molecule has 0 spiro atoms. The molecular formula is C14H15Cl3N2O. The molecule has 0 bridgehead atoms. The van der Waals surface area contributed by atoms with Gasteiger partial charge in [-0.25, -0.2) is 4.98 Å². The molecule has 1 aromatic carbocycles. The van der Waals surface area contributed by atoms with Crippen LogP contribution in [0.1, 0.15) is 12.8 Å². The second-order valence-electron chi connectivity index (χ2n) is 4.41. The zero-order valence-electron chi connectivity index (χ0n) is 11.0. The van der Waals surface area contributed by atoms with E-state index in [4.69, 9.17) is 39.9 Å². The summed E-state index contributed by atoms with van der Waals surface area (Å²) in [6.07, 6.45) is 2.39. The minimum absolute atomic E-state index is 0.470. The van der Waals surface area contributed by atoms with Crippen LogP contribution in [0.5, 0.6) is 0 Å². The highest BCUT2D eigenvalue weighted by molar-refractivity contribution is 6.46. The Morgan fingerprint density at radius 2 is 1.70 bits per heavy atom. The molecule has 1 aromatic heterocycles.